The van der Waals surface area contributed by atoms with Gasteiger partial charge < -0.3 is 14.8 Å². The van der Waals surface area contributed by atoms with E-state index in [1.165, 1.54) is 0 Å². The maximum Gasteiger partial charge on any atom is 0.263 e. The number of hydrogen-bond donors (Lipinski definition) is 2. The summed E-state index contributed by atoms with van der Waals surface area (Å²) in [4.78, 5) is 4.37. The van der Waals surface area contributed by atoms with Crippen molar-refractivity contribution in [1.82, 2.24) is 4.98 Å². The van der Waals surface area contributed by atoms with Crippen LogP contribution in [0.25, 0.3) is 0 Å². The number of nitrogens with one attached hydrogen (secondary N) is 2. The SMILES string of the molecule is COCCCNc1ccc(NS(=O)(=O)c2cc(C)c(OC)cc2C)nc1. The molecule has 7 nitrogen and oxygen atoms in total. The van der Waals surface area contributed by atoms with Crippen molar-refractivity contribution in [3.05, 3.63) is 41.6 Å². The molecule has 0 aliphatic heterocycles. The number of nitrogens with zero attached hydrogens (tertiary/aromatic N) is 1. The number of ether oxygens (including phenoxy) is 2. The Morgan fingerprint density at radius 1 is 1.12 bits per heavy atom. The molecule has 0 saturated heterocycles. The maximum absolute atomic E-state index is 12.7. The van der Waals surface area contributed by atoms with E-state index in [1.807, 2.05) is 0 Å². The Morgan fingerprint density at radius 2 is 1.88 bits per heavy atom. The molecule has 0 aliphatic rings. The minimum Gasteiger partial charge on any atom is -0.496 e. The Kier molecular flexibility index (Phi) is 6.82. The molecule has 0 atom stereocenters. The lowest BCUT2D eigenvalue weighted by molar-refractivity contribution is 0.198. The van der Waals surface area contributed by atoms with Gasteiger partial charge in [0, 0.05) is 20.3 Å². The summed E-state index contributed by atoms with van der Waals surface area (Å²) in [7, 11) is -0.514. The van der Waals surface area contributed by atoms with E-state index in [4.69, 9.17) is 9.47 Å². The highest BCUT2D eigenvalue weighted by atomic mass is 32.2. The van der Waals surface area contributed by atoms with Crippen LogP contribution in [0.5, 0.6) is 5.75 Å². The third kappa shape index (κ3) is 5.09. The fourth-order valence-corrected chi connectivity index (χ4v) is 3.79. The van der Waals surface area contributed by atoms with E-state index in [0.29, 0.717) is 17.9 Å². The van der Waals surface area contributed by atoms with Crippen LogP contribution in [0.2, 0.25) is 0 Å². The summed E-state index contributed by atoms with van der Waals surface area (Å²) < 4.78 is 38.1. The maximum atomic E-state index is 12.7. The molecule has 142 valence electrons. The summed E-state index contributed by atoms with van der Waals surface area (Å²) >= 11 is 0. The monoisotopic (exact) mass is 379 g/mol. The topological polar surface area (TPSA) is 89.6 Å². The molecular weight excluding hydrogens is 354 g/mol. The Balaban J connectivity index is 2.11. The van der Waals surface area contributed by atoms with E-state index >= 15 is 0 Å². The van der Waals surface area contributed by atoms with E-state index in [1.54, 1.807) is 58.5 Å². The Labute approximate surface area is 154 Å². The standard InChI is InChI=1S/C18H25N3O4S/c1-13-11-17(14(2)10-16(13)25-4)26(22,23)21-18-7-6-15(12-20-18)19-8-5-9-24-3/h6-7,10-12,19H,5,8-9H2,1-4H3,(H,20,21). The van der Waals surface area contributed by atoms with Gasteiger partial charge in [-0.2, -0.15) is 0 Å². The van der Waals surface area contributed by atoms with Crippen LogP contribution in [0.15, 0.2) is 35.4 Å². The van der Waals surface area contributed by atoms with E-state index in [9.17, 15) is 8.42 Å². The predicted molar refractivity (Wildman–Crippen MR) is 102 cm³/mol. The zero-order valence-electron chi connectivity index (χ0n) is 15.5. The van der Waals surface area contributed by atoms with Crippen molar-refractivity contribution in [2.75, 3.05) is 37.4 Å². The van der Waals surface area contributed by atoms with Gasteiger partial charge in [-0.15, -0.1) is 0 Å². The predicted octanol–water partition coefficient (Wildman–Crippen LogP) is 2.96. The van der Waals surface area contributed by atoms with Gasteiger partial charge in [-0.3, -0.25) is 4.72 Å². The summed E-state index contributed by atoms with van der Waals surface area (Å²) in [5.74, 6) is 0.920. The van der Waals surface area contributed by atoms with Crippen molar-refractivity contribution in [2.45, 2.75) is 25.2 Å². The summed E-state index contributed by atoms with van der Waals surface area (Å²) in [5.41, 5.74) is 2.18. The van der Waals surface area contributed by atoms with Crippen LogP contribution >= 0.6 is 0 Å². The summed E-state index contributed by atoms with van der Waals surface area (Å²) in [6, 6.07) is 6.72. The lowest BCUT2D eigenvalue weighted by atomic mass is 10.1. The second-order valence-electron chi connectivity index (χ2n) is 5.90. The molecule has 0 bridgehead atoms. The molecule has 0 aliphatic carbocycles. The average molecular weight is 379 g/mol. The van der Waals surface area contributed by atoms with E-state index in [0.717, 1.165) is 24.2 Å². The van der Waals surface area contributed by atoms with Crippen molar-refractivity contribution >= 4 is 21.5 Å². The number of methoxy groups -OCH3 is 2. The summed E-state index contributed by atoms with van der Waals surface area (Å²) in [6.45, 7) is 4.97. The molecule has 1 heterocycles. The number of benzene rings is 1. The van der Waals surface area contributed by atoms with Crippen LogP contribution in [0.4, 0.5) is 11.5 Å². The van der Waals surface area contributed by atoms with Gasteiger partial charge in [-0.05, 0) is 55.7 Å². The van der Waals surface area contributed by atoms with Gasteiger partial charge in [0.05, 0.1) is 23.9 Å². The average Bonchev–Trinajstić information content (AvgIpc) is 2.61. The zero-order chi connectivity index (χ0) is 19.2. The minimum atomic E-state index is -3.73. The fourth-order valence-electron chi connectivity index (χ4n) is 2.47. The molecule has 1 aromatic carbocycles. The Bertz CT molecular complexity index is 836. The first-order chi connectivity index (χ1) is 12.4. The van der Waals surface area contributed by atoms with Gasteiger partial charge in [0.25, 0.3) is 10.0 Å². The van der Waals surface area contributed by atoms with Crippen LogP contribution in [0.1, 0.15) is 17.5 Å². The number of sulfonamides is 1. The Hall–Kier alpha value is -2.32. The molecular formula is C18H25N3O4S. The highest BCUT2D eigenvalue weighted by Crippen LogP contribution is 2.26. The number of rotatable bonds is 9. The van der Waals surface area contributed by atoms with Gasteiger partial charge in [0.1, 0.15) is 11.6 Å². The highest BCUT2D eigenvalue weighted by Gasteiger charge is 2.19. The summed E-state index contributed by atoms with van der Waals surface area (Å²) in [6.07, 6.45) is 2.47. The molecule has 0 radical (unpaired) electrons. The van der Waals surface area contributed by atoms with Crippen molar-refractivity contribution in [2.24, 2.45) is 0 Å². The number of anilines is 2. The van der Waals surface area contributed by atoms with Crippen LogP contribution in [-0.2, 0) is 14.8 Å². The van der Waals surface area contributed by atoms with Gasteiger partial charge in [-0.25, -0.2) is 13.4 Å². The van der Waals surface area contributed by atoms with Gasteiger partial charge >= 0.3 is 0 Å². The summed E-state index contributed by atoms with van der Waals surface area (Å²) in [5, 5.41) is 3.20. The lowest BCUT2D eigenvalue weighted by Crippen LogP contribution is -2.15. The number of pyridine rings is 1. The second-order valence-corrected chi connectivity index (χ2v) is 7.55. The molecule has 1 aromatic heterocycles. The molecule has 0 fully saturated rings. The van der Waals surface area contributed by atoms with Crippen LogP contribution < -0.4 is 14.8 Å². The number of aryl methyl sites for hydroxylation is 2. The molecule has 0 amide bonds. The van der Waals surface area contributed by atoms with Crippen molar-refractivity contribution < 1.29 is 17.9 Å². The van der Waals surface area contributed by atoms with Crippen molar-refractivity contribution in [3.63, 3.8) is 0 Å². The van der Waals surface area contributed by atoms with Gasteiger partial charge in [-0.1, -0.05) is 0 Å². The highest BCUT2D eigenvalue weighted by molar-refractivity contribution is 7.92. The second kappa shape index (κ2) is 8.86. The normalized spacial score (nSPS) is 11.2. The van der Waals surface area contributed by atoms with Crippen LogP contribution in [0.3, 0.4) is 0 Å². The fraction of sp³-hybridized carbons (Fsp3) is 0.389. The molecule has 0 unspecified atom stereocenters. The third-order valence-electron chi connectivity index (χ3n) is 3.84. The molecule has 2 aromatic rings. The van der Waals surface area contributed by atoms with Crippen molar-refractivity contribution in [3.8, 4) is 5.75 Å². The van der Waals surface area contributed by atoms with Gasteiger partial charge in [0.15, 0.2) is 0 Å². The molecule has 2 rings (SSSR count). The van der Waals surface area contributed by atoms with E-state index in [2.05, 4.69) is 15.0 Å². The van der Waals surface area contributed by atoms with Crippen LogP contribution in [0, 0.1) is 13.8 Å². The molecule has 0 saturated carbocycles. The third-order valence-corrected chi connectivity index (χ3v) is 5.34. The van der Waals surface area contributed by atoms with E-state index < -0.39 is 10.0 Å². The molecule has 0 spiro atoms. The smallest absolute Gasteiger partial charge is 0.263 e. The van der Waals surface area contributed by atoms with Crippen LogP contribution in [-0.4, -0.2) is 40.8 Å². The first kappa shape index (κ1) is 20.0. The molecule has 2 N–H and O–H groups in total. The lowest BCUT2D eigenvalue weighted by Gasteiger charge is -2.13. The first-order valence-electron chi connectivity index (χ1n) is 8.24. The molecule has 8 heteroatoms. The Morgan fingerprint density at radius 3 is 2.50 bits per heavy atom. The largest absolute Gasteiger partial charge is 0.496 e. The number of hydrogen-bond acceptors (Lipinski definition) is 6. The quantitative estimate of drug-likeness (QED) is 0.651. The molecule has 26 heavy (non-hydrogen) atoms. The van der Waals surface area contributed by atoms with E-state index in [-0.39, 0.29) is 10.7 Å². The minimum absolute atomic E-state index is 0.208. The first-order valence-corrected chi connectivity index (χ1v) is 9.72. The number of aromatic nitrogens is 1. The zero-order valence-corrected chi connectivity index (χ0v) is 16.3. The van der Waals surface area contributed by atoms with Crippen molar-refractivity contribution in [1.29, 1.82) is 0 Å². The van der Waals surface area contributed by atoms with Gasteiger partial charge in [0.2, 0.25) is 0 Å².